The van der Waals surface area contributed by atoms with Gasteiger partial charge in [-0.1, -0.05) is 0 Å². The first-order valence-electron chi connectivity index (χ1n) is 4.38. The first-order valence-corrected chi connectivity index (χ1v) is 4.38. The first kappa shape index (κ1) is 9.12. The van der Waals surface area contributed by atoms with Gasteiger partial charge in [0.1, 0.15) is 0 Å². The predicted molar refractivity (Wildman–Crippen MR) is 46.5 cm³/mol. The Balaban J connectivity index is 2.24. The number of rotatable bonds is 3. The van der Waals surface area contributed by atoms with Gasteiger partial charge in [0.25, 0.3) is 0 Å². The summed E-state index contributed by atoms with van der Waals surface area (Å²) < 4.78 is 0. The highest BCUT2D eigenvalue weighted by Gasteiger charge is 2.35. The van der Waals surface area contributed by atoms with Crippen LogP contribution >= 0.6 is 0 Å². The van der Waals surface area contributed by atoms with E-state index in [2.05, 4.69) is 11.8 Å². The molecule has 2 nitrogen and oxygen atoms in total. The molecule has 2 atom stereocenters. The van der Waals surface area contributed by atoms with Crippen LogP contribution < -0.4 is 0 Å². The number of carboxylic acid groups (broad SMARTS) is 1. The second-order valence-electron chi connectivity index (χ2n) is 3.25. The summed E-state index contributed by atoms with van der Waals surface area (Å²) in [6.45, 7) is 1.81. The van der Waals surface area contributed by atoms with Gasteiger partial charge >= 0.3 is 5.97 Å². The average Bonchev–Trinajstić information content (AvgIpc) is 1.94. The van der Waals surface area contributed by atoms with Crippen molar-refractivity contribution in [2.24, 2.45) is 11.8 Å². The van der Waals surface area contributed by atoms with Gasteiger partial charge in [-0.05, 0) is 32.1 Å². The van der Waals surface area contributed by atoms with Crippen molar-refractivity contribution in [2.75, 3.05) is 0 Å². The summed E-state index contributed by atoms with van der Waals surface area (Å²) >= 11 is 0. The minimum atomic E-state index is -0.629. The van der Waals surface area contributed by atoms with Crippen LogP contribution in [0.25, 0.3) is 0 Å². The van der Waals surface area contributed by atoms with Crippen LogP contribution in [0.2, 0.25) is 0 Å². The van der Waals surface area contributed by atoms with Crippen LogP contribution in [0.1, 0.15) is 32.6 Å². The van der Waals surface area contributed by atoms with Crippen LogP contribution in [-0.4, -0.2) is 11.1 Å². The minimum absolute atomic E-state index is 0.0799. The van der Waals surface area contributed by atoms with Gasteiger partial charge in [0.05, 0.1) is 5.92 Å². The third kappa shape index (κ3) is 2.01. The normalized spacial score (nSPS) is 26.8. The summed E-state index contributed by atoms with van der Waals surface area (Å²) in [5.41, 5.74) is 0. The molecule has 2 unspecified atom stereocenters. The van der Waals surface area contributed by atoms with Gasteiger partial charge in [-0.3, -0.25) is 4.79 Å². The number of hydrogen-bond acceptors (Lipinski definition) is 1. The maximum absolute atomic E-state index is 10.6. The van der Waals surface area contributed by atoms with Crippen molar-refractivity contribution in [1.29, 1.82) is 0 Å². The van der Waals surface area contributed by atoms with Crippen molar-refractivity contribution in [3.8, 4) is 11.8 Å². The van der Waals surface area contributed by atoms with E-state index in [4.69, 9.17) is 5.11 Å². The molecule has 1 N–H and O–H groups in total. The van der Waals surface area contributed by atoms with E-state index in [1.165, 1.54) is 0 Å². The first-order chi connectivity index (χ1) is 5.75. The molecule has 0 heterocycles. The quantitative estimate of drug-likeness (QED) is 0.650. The van der Waals surface area contributed by atoms with Gasteiger partial charge < -0.3 is 5.11 Å². The maximum Gasteiger partial charge on any atom is 0.306 e. The molecular formula is C10H14O2. The summed E-state index contributed by atoms with van der Waals surface area (Å²) in [5.74, 6) is 5.46. The Morgan fingerprint density at radius 2 is 2.33 bits per heavy atom. The fraction of sp³-hybridized carbons (Fsp3) is 0.700. The average molecular weight is 166 g/mol. The summed E-state index contributed by atoms with van der Waals surface area (Å²) in [4.78, 5) is 10.6. The molecule has 1 fully saturated rings. The van der Waals surface area contributed by atoms with Crippen molar-refractivity contribution in [3.05, 3.63) is 0 Å². The van der Waals surface area contributed by atoms with E-state index in [9.17, 15) is 4.79 Å². The molecule has 0 bridgehead atoms. The Bertz CT molecular complexity index is 222. The SMILES string of the molecule is CC#CCCC1CCC1C(=O)O. The standard InChI is InChI=1S/C10H14O2/c1-2-3-4-5-8-6-7-9(8)10(11)12/h8-9H,4-7H2,1H3,(H,11,12). The largest absolute Gasteiger partial charge is 0.481 e. The molecule has 1 rings (SSSR count). The molecular weight excluding hydrogens is 152 g/mol. The van der Waals surface area contributed by atoms with Gasteiger partial charge in [0.2, 0.25) is 0 Å². The van der Waals surface area contributed by atoms with Crippen LogP contribution in [0, 0.1) is 23.7 Å². The second-order valence-corrected chi connectivity index (χ2v) is 3.25. The van der Waals surface area contributed by atoms with Gasteiger partial charge in [-0.2, -0.15) is 0 Å². The molecule has 1 saturated carbocycles. The van der Waals surface area contributed by atoms with Gasteiger partial charge in [-0.15, -0.1) is 11.8 Å². The lowest BCUT2D eigenvalue weighted by atomic mass is 9.71. The summed E-state index contributed by atoms with van der Waals surface area (Å²) in [7, 11) is 0. The topological polar surface area (TPSA) is 37.3 Å². The zero-order valence-electron chi connectivity index (χ0n) is 7.34. The molecule has 0 aromatic carbocycles. The summed E-state index contributed by atoms with van der Waals surface area (Å²) in [6, 6.07) is 0. The monoisotopic (exact) mass is 166 g/mol. The third-order valence-corrected chi connectivity index (χ3v) is 2.55. The molecule has 0 radical (unpaired) electrons. The lowest BCUT2D eigenvalue weighted by molar-refractivity contribution is -0.147. The molecule has 12 heavy (non-hydrogen) atoms. The van der Waals surface area contributed by atoms with Crippen molar-refractivity contribution in [1.82, 2.24) is 0 Å². The Kier molecular flexibility index (Phi) is 3.16. The van der Waals surface area contributed by atoms with E-state index in [1.54, 1.807) is 0 Å². The van der Waals surface area contributed by atoms with E-state index in [0.717, 1.165) is 25.7 Å². The fourth-order valence-electron chi connectivity index (χ4n) is 1.62. The van der Waals surface area contributed by atoms with Crippen LogP contribution in [0.4, 0.5) is 0 Å². The van der Waals surface area contributed by atoms with E-state index >= 15 is 0 Å². The zero-order valence-corrected chi connectivity index (χ0v) is 7.34. The highest BCUT2D eigenvalue weighted by atomic mass is 16.4. The predicted octanol–water partition coefficient (Wildman–Crippen LogP) is 1.90. The van der Waals surface area contributed by atoms with E-state index in [-0.39, 0.29) is 5.92 Å². The van der Waals surface area contributed by atoms with Crippen molar-refractivity contribution < 1.29 is 9.90 Å². The van der Waals surface area contributed by atoms with Gasteiger partial charge in [0.15, 0.2) is 0 Å². The maximum atomic E-state index is 10.6. The van der Waals surface area contributed by atoms with Crippen LogP contribution in [0.5, 0.6) is 0 Å². The van der Waals surface area contributed by atoms with Crippen LogP contribution in [-0.2, 0) is 4.79 Å². The van der Waals surface area contributed by atoms with Crippen molar-refractivity contribution in [3.63, 3.8) is 0 Å². The lowest BCUT2D eigenvalue weighted by Crippen LogP contribution is -2.32. The Morgan fingerprint density at radius 1 is 1.58 bits per heavy atom. The Morgan fingerprint density at radius 3 is 2.75 bits per heavy atom. The van der Waals surface area contributed by atoms with Gasteiger partial charge in [0, 0.05) is 6.42 Å². The van der Waals surface area contributed by atoms with E-state index in [0.29, 0.717) is 5.92 Å². The molecule has 0 amide bonds. The van der Waals surface area contributed by atoms with E-state index < -0.39 is 5.97 Å². The number of carbonyl (C=O) groups is 1. The van der Waals surface area contributed by atoms with Crippen molar-refractivity contribution >= 4 is 5.97 Å². The number of carboxylic acids is 1. The highest BCUT2D eigenvalue weighted by molar-refractivity contribution is 5.71. The van der Waals surface area contributed by atoms with Crippen LogP contribution in [0.15, 0.2) is 0 Å². The smallest absolute Gasteiger partial charge is 0.306 e. The molecule has 2 heteroatoms. The van der Waals surface area contributed by atoms with E-state index in [1.807, 2.05) is 6.92 Å². The zero-order chi connectivity index (χ0) is 8.97. The summed E-state index contributed by atoms with van der Waals surface area (Å²) in [6.07, 6.45) is 3.74. The Hall–Kier alpha value is -0.970. The second kappa shape index (κ2) is 4.15. The molecule has 0 saturated heterocycles. The molecule has 1 aliphatic rings. The molecule has 1 aliphatic carbocycles. The lowest BCUT2D eigenvalue weighted by Gasteiger charge is -2.32. The number of hydrogen-bond donors (Lipinski definition) is 1. The fourth-order valence-corrected chi connectivity index (χ4v) is 1.62. The minimum Gasteiger partial charge on any atom is -0.481 e. The highest BCUT2D eigenvalue weighted by Crippen LogP contribution is 2.37. The Labute approximate surface area is 73.0 Å². The van der Waals surface area contributed by atoms with Crippen LogP contribution in [0.3, 0.4) is 0 Å². The molecule has 66 valence electrons. The molecule has 0 aromatic rings. The number of aliphatic carboxylic acids is 1. The third-order valence-electron chi connectivity index (χ3n) is 2.55. The molecule has 0 aliphatic heterocycles. The molecule has 0 aromatic heterocycles. The summed E-state index contributed by atoms with van der Waals surface area (Å²) in [5, 5.41) is 8.72. The van der Waals surface area contributed by atoms with Gasteiger partial charge in [-0.25, -0.2) is 0 Å². The van der Waals surface area contributed by atoms with Crippen molar-refractivity contribution in [2.45, 2.75) is 32.6 Å². The molecule has 0 spiro atoms.